The molecule has 0 aliphatic carbocycles. The van der Waals surface area contributed by atoms with Crippen LogP contribution >= 0.6 is 11.6 Å². The third-order valence-corrected chi connectivity index (χ3v) is 4.42. The molecular formula is C19H19ClN2. The van der Waals surface area contributed by atoms with Crippen molar-refractivity contribution in [2.24, 2.45) is 0 Å². The summed E-state index contributed by atoms with van der Waals surface area (Å²) in [5.74, 6) is 0. The van der Waals surface area contributed by atoms with Crippen LogP contribution in [0.15, 0.2) is 54.6 Å². The Labute approximate surface area is 137 Å². The molecule has 1 aliphatic heterocycles. The Bertz CT molecular complexity index is 637. The molecule has 1 heterocycles. The lowest BCUT2D eigenvalue weighted by molar-refractivity contribution is 0.145. The van der Waals surface area contributed by atoms with Crippen LogP contribution in [0.5, 0.6) is 0 Å². The highest BCUT2D eigenvalue weighted by atomic mass is 35.5. The van der Waals surface area contributed by atoms with Crippen LogP contribution in [0.3, 0.4) is 0 Å². The van der Waals surface area contributed by atoms with Crippen LogP contribution in [0.4, 0.5) is 0 Å². The van der Waals surface area contributed by atoms with E-state index in [0.29, 0.717) is 0 Å². The predicted molar refractivity (Wildman–Crippen MR) is 91.7 cm³/mol. The maximum absolute atomic E-state index is 6.04. The van der Waals surface area contributed by atoms with Gasteiger partial charge in [0, 0.05) is 37.2 Å². The van der Waals surface area contributed by atoms with Crippen molar-refractivity contribution in [3.05, 3.63) is 70.7 Å². The summed E-state index contributed by atoms with van der Waals surface area (Å²) in [5.41, 5.74) is 2.57. The lowest BCUT2D eigenvalue weighted by Crippen LogP contribution is -2.46. The van der Waals surface area contributed by atoms with E-state index in [1.54, 1.807) is 0 Å². The van der Waals surface area contributed by atoms with Crippen LogP contribution in [-0.2, 0) is 0 Å². The van der Waals surface area contributed by atoms with E-state index >= 15 is 0 Å². The normalized spacial score (nSPS) is 17.0. The van der Waals surface area contributed by atoms with Gasteiger partial charge in [-0.25, -0.2) is 0 Å². The minimum atomic E-state index is 0.249. The monoisotopic (exact) mass is 310 g/mol. The van der Waals surface area contributed by atoms with E-state index < -0.39 is 0 Å². The van der Waals surface area contributed by atoms with Gasteiger partial charge in [0.1, 0.15) is 0 Å². The van der Waals surface area contributed by atoms with E-state index in [9.17, 15) is 0 Å². The van der Waals surface area contributed by atoms with Crippen LogP contribution in [0.2, 0.25) is 5.02 Å². The Balaban J connectivity index is 1.90. The highest BCUT2D eigenvalue weighted by molar-refractivity contribution is 6.30. The van der Waals surface area contributed by atoms with Crippen molar-refractivity contribution in [1.82, 2.24) is 9.80 Å². The molecule has 1 saturated heterocycles. The molecule has 2 nitrogen and oxygen atoms in total. The highest BCUT2D eigenvalue weighted by Crippen LogP contribution is 2.30. The Hall–Kier alpha value is -1.95. The number of hydrogen-bond acceptors (Lipinski definition) is 2. The number of piperazine rings is 1. The summed E-state index contributed by atoms with van der Waals surface area (Å²) in [4.78, 5) is 4.53. The van der Waals surface area contributed by atoms with Gasteiger partial charge in [-0.15, -0.1) is 0 Å². The fraction of sp³-hybridized carbons (Fsp3) is 0.263. The first-order valence-electron chi connectivity index (χ1n) is 7.53. The van der Waals surface area contributed by atoms with Gasteiger partial charge in [0.05, 0.1) is 6.04 Å². The number of rotatable bonds is 3. The number of hydrogen-bond donors (Lipinski definition) is 0. The molecule has 0 amide bonds. The molecule has 0 saturated carbocycles. The van der Waals surface area contributed by atoms with Crippen LogP contribution in [0, 0.1) is 12.5 Å². The van der Waals surface area contributed by atoms with Gasteiger partial charge in [0.15, 0.2) is 0 Å². The first kappa shape index (κ1) is 15.0. The van der Waals surface area contributed by atoms with E-state index in [4.69, 9.17) is 18.0 Å². The molecule has 0 bridgehead atoms. The van der Waals surface area contributed by atoms with E-state index in [1.807, 2.05) is 17.0 Å². The van der Waals surface area contributed by atoms with Gasteiger partial charge in [-0.3, -0.25) is 4.90 Å². The molecule has 1 fully saturated rings. The summed E-state index contributed by atoms with van der Waals surface area (Å²) in [7, 11) is 0. The Kier molecular flexibility index (Phi) is 4.68. The summed E-state index contributed by atoms with van der Waals surface area (Å²) in [6, 6.07) is 21.8. The fourth-order valence-corrected chi connectivity index (χ4v) is 3.13. The molecule has 0 N–H and O–H groups in total. The number of benzene rings is 2. The zero-order valence-electron chi connectivity index (χ0n) is 12.5. The van der Waals surface area contributed by atoms with Gasteiger partial charge >= 0.3 is 0 Å². The summed E-state index contributed by atoms with van der Waals surface area (Å²) < 4.78 is 0. The first-order chi connectivity index (χ1) is 10.8. The molecule has 112 valence electrons. The first-order valence-corrected chi connectivity index (χ1v) is 7.91. The second-order valence-electron chi connectivity index (χ2n) is 5.52. The Morgan fingerprint density at radius 3 is 2.05 bits per heavy atom. The standard InChI is InChI=1S/C19H19ClN2/c1-2-21-12-14-22(15-13-21)19(16-6-4-3-5-7-16)17-8-10-18(20)11-9-17/h1,3-11,19H,12-15H2. The van der Waals surface area contributed by atoms with Gasteiger partial charge in [0.25, 0.3) is 0 Å². The Morgan fingerprint density at radius 2 is 1.45 bits per heavy atom. The molecule has 2 aromatic rings. The summed E-state index contributed by atoms with van der Waals surface area (Å²) >= 11 is 6.04. The van der Waals surface area contributed by atoms with E-state index in [-0.39, 0.29) is 6.04 Å². The van der Waals surface area contributed by atoms with Gasteiger partial charge in [-0.2, -0.15) is 0 Å². The van der Waals surface area contributed by atoms with Crippen molar-refractivity contribution in [2.75, 3.05) is 26.2 Å². The van der Waals surface area contributed by atoms with Crippen molar-refractivity contribution >= 4 is 11.6 Å². The summed E-state index contributed by atoms with van der Waals surface area (Å²) in [6.07, 6.45) is 5.51. The van der Waals surface area contributed by atoms with Gasteiger partial charge in [-0.1, -0.05) is 60.5 Å². The average molecular weight is 311 g/mol. The van der Waals surface area contributed by atoms with Crippen molar-refractivity contribution in [3.8, 4) is 12.5 Å². The van der Waals surface area contributed by atoms with Crippen molar-refractivity contribution in [3.63, 3.8) is 0 Å². The maximum atomic E-state index is 6.04. The maximum Gasteiger partial charge on any atom is 0.0603 e. The fourth-order valence-electron chi connectivity index (χ4n) is 3.00. The molecule has 1 aliphatic rings. The number of halogens is 1. The number of nitrogens with zero attached hydrogens (tertiary/aromatic N) is 2. The second kappa shape index (κ2) is 6.87. The van der Waals surface area contributed by atoms with Crippen molar-refractivity contribution in [1.29, 1.82) is 0 Å². The van der Waals surface area contributed by atoms with Gasteiger partial charge in [-0.05, 0) is 23.3 Å². The van der Waals surface area contributed by atoms with Crippen LogP contribution in [0.1, 0.15) is 17.2 Å². The summed E-state index contributed by atoms with van der Waals surface area (Å²) in [6.45, 7) is 3.75. The topological polar surface area (TPSA) is 6.48 Å². The van der Waals surface area contributed by atoms with E-state index in [1.165, 1.54) is 11.1 Å². The largest absolute Gasteiger partial charge is 0.330 e. The predicted octanol–water partition coefficient (Wildman–Crippen LogP) is 3.64. The molecule has 0 spiro atoms. The van der Waals surface area contributed by atoms with Crippen molar-refractivity contribution < 1.29 is 0 Å². The molecule has 0 radical (unpaired) electrons. The second-order valence-corrected chi connectivity index (χ2v) is 5.95. The lowest BCUT2D eigenvalue weighted by Gasteiger charge is -2.38. The smallest absolute Gasteiger partial charge is 0.0603 e. The van der Waals surface area contributed by atoms with Gasteiger partial charge in [0.2, 0.25) is 0 Å². The highest BCUT2D eigenvalue weighted by Gasteiger charge is 2.25. The number of terminal acetylenes is 1. The zero-order chi connectivity index (χ0) is 15.4. The van der Waals surface area contributed by atoms with Crippen LogP contribution in [-0.4, -0.2) is 36.0 Å². The van der Waals surface area contributed by atoms with E-state index in [2.05, 4.69) is 53.4 Å². The molecule has 1 unspecified atom stereocenters. The van der Waals surface area contributed by atoms with Crippen LogP contribution < -0.4 is 0 Å². The minimum absolute atomic E-state index is 0.249. The summed E-state index contributed by atoms with van der Waals surface area (Å²) in [5, 5.41) is 0.771. The third-order valence-electron chi connectivity index (χ3n) is 4.16. The molecule has 1 atom stereocenters. The molecule has 2 aromatic carbocycles. The minimum Gasteiger partial charge on any atom is -0.330 e. The van der Waals surface area contributed by atoms with Crippen LogP contribution in [0.25, 0.3) is 0 Å². The molecule has 3 rings (SSSR count). The third kappa shape index (κ3) is 3.27. The molecule has 0 aromatic heterocycles. The Morgan fingerprint density at radius 1 is 0.864 bits per heavy atom. The average Bonchev–Trinajstić information content (AvgIpc) is 2.58. The molecule has 22 heavy (non-hydrogen) atoms. The van der Waals surface area contributed by atoms with Crippen molar-refractivity contribution in [2.45, 2.75) is 6.04 Å². The molecular weight excluding hydrogens is 292 g/mol. The lowest BCUT2D eigenvalue weighted by atomic mass is 9.96. The zero-order valence-corrected chi connectivity index (χ0v) is 13.2. The SMILES string of the molecule is C#CN1CCN(C(c2ccccc2)c2ccc(Cl)cc2)CC1. The quantitative estimate of drug-likeness (QED) is 0.799. The van der Waals surface area contributed by atoms with E-state index in [0.717, 1.165) is 31.2 Å². The van der Waals surface area contributed by atoms with Gasteiger partial charge < -0.3 is 4.90 Å². The molecule has 3 heteroatoms.